The van der Waals surface area contributed by atoms with Gasteiger partial charge in [0.1, 0.15) is 12.1 Å². The van der Waals surface area contributed by atoms with Crippen molar-refractivity contribution in [1.82, 2.24) is 15.6 Å². The molecule has 0 fully saturated rings. The zero-order chi connectivity index (χ0) is 22.1. The molecule has 0 aliphatic carbocycles. The van der Waals surface area contributed by atoms with Crippen LogP contribution >= 0.6 is 0 Å². The number of oxazole rings is 1. The Labute approximate surface area is 180 Å². The minimum Gasteiger partial charge on any atom is -0.445 e. The predicted molar refractivity (Wildman–Crippen MR) is 114 cm³/mol. The van der Waals surface area contributed by atoms with Gasteiger partial charge in [0.05, 0.1) is 6.54 Å². The number of para-hydroxylation sites is 2. The summed E-state index contributed by atoms with van der Waals surface area (Å²) in [6, 6.07) is 16.5. The minimum atomic E-state index is -0.496. The maximum absolute atomic E-state index is 12.2. The molecule has 2 N–H and O–H groups in total. The zero-order valence-electron chi connectivity index (χ0n) is 17.3. The topological polar surface area (TPSA) is 111 Å². The highest BCUT2D eigenvalue weighted by Gasteiger charge is 2.16. The summed E-state index contributed by atoms with van der Waals surface area (Å²) in [7, 11) is 0. The van der Waals surface area contributed by atoms with Gasteiger partial charge in [-0.25, -0.2) is 9.78 Å². The van der Waals surface area contributed by atoms with Crippen LogP contribution in [0.3, 0.4) is 0 Å². The third-order valence-electron chi connectivity index (χ3n) is 4.63. The normalized spacial score (nSPS) is 11.6. The van der Waals surface area contributed by atoms with Crippen LogP contribution in [-0.2, 0) is 16.1 Å². The number of benzene rings is 2. The van der Waals surface area contributed by atoms with Crippen molar-refractivity contribution in [3.63, 3.8) is 0 Å². The maximum atomic E-state index is 12.2. The molecule has 3 aromatic rings. The van der Waals surface area contributed by atoms with Crippen molar-refractivity contribution < 1.29 is 23.5 Å². The van der Waals surface area contributed by atoms with Crippen LogP contribution in [0.5, 0.6) is 0 Å². The van der Waals surface area contributed by atoms with E-state index in [4.69, 9.17) is 9.15 Å². The second-order valence-electron chi connectivity index (χ2n) is 7.27. The van der Waals surface area contributed by atoms with Crippen molar-refractivity contribution >= 4 is 28.9 Å². The van der Waals surface area contributed by atoms with E-state index in [1.807, 2.05) is 37.3 Å². The number of carbonyl (C=O) groups is 3. The van der Waals surface area contributed by atoms with Crippen LogP contribution in [0.4, 0.5) is 4.79 Å². The number of ketones is 1. The number of amides is 2. The van der Waals surface area contributed by atoms with Gasteiger partial charge >= 0.3 is 6.09 Å². The van der Waals surface area contributed by atoms with Gasteiger partial charge in [0, 0.05) is 13.0 Å². The largest absolute Gasteiger partial charge is 0.445 e. The summed E-state index contributed by atoms with van der Waals surface area (Å²) in [4.78, 5) is 40.1. The molecule has 0 aliphatic heterocycles. The van der Waals surface area contributed by atoms with Crippen LogP contribution in [0.15, 0.2) is 59.0 Å². The Bertz CT molecular complexity index is 999. The number of nitrogens with one attached hydrogen (secondary N) is 2. The van der Waals surface area contributed by atoms with Crippen molar-refractivity contribution in [2.45, 2.75) is 26.4 Å². The second kappa shape index (κ2) is 10.9. The summed E-state index contributed by atoms with van der Waals surface area (Å²) in [5.74, 6) is -0.634. The number of alkyl carbamates (subject to hydrolysis) is 1. The molecule has 2 aromatic carbocycles. The number of aromatic nitrogens is 1. The molecule has 0 radical (unpaired) electrons. The Morgan fingerprint density at radius 2 is 1.77 bits per heavy atom. The Morgan fingerprint density at radius 3 is 2.55 bits per heavy atom. The van der Waals surface area contributed by atoms with Crippen LogP contribution in [0.25, 0.3) is 11.1 Å². The van der Waals surface area contributed by atoms with Crippen molar-refractivity contribution in [3.8, 4) is 0 Å². The van der Waals surface area contributed by atoms with Crippen molar-refractivity contribution in [2.24, 2.45) is 5.92 Å². The Morgan fingerprint density at radius 1 is 1.03 bits per heavy atom. The highest BCUT2D eigenvalue weighted by atomic mass is 16.5. The SMILES string of the molecule is CC(CCNC(=O)OCc1ccccc1)CC(=O)NCC(=O)c1nc2ccccc2o1. The smallest absolute Gasteiger partial charge is 0.407 e. The third kappa shape index (κ3) is 6.95. The number of hydrogen-bond acceptors (Lipinski definition) is 6. The first kappa shape index (κ1) is 22.0. The Kier molecular flexibility index (Phi) is 7.75. The van der Waals surface area contributed by atoms with E-state index < -0.39 is 6.09 Å². The van der Waals surface area contributed by atoms with E-state index in [0.717, 1.165) is 5.56 Å². The van der Waals surface area contributed by atoms with Gasteiger partial charge in [-0.3, -0.25) is 9.59 Å². The van der Waals surface area contributed by atoms with E-state index >= 15 is 0 Å². The number of hydrogen-bond donors (Lipinski definition) is 2. The molecule has 1 aromatic heterocycles. The Hall–Kier alpha value is -3.68. The van der Waals surface area contributed by atoms with E-state index in [-0.39, 0.29) is 43.1 Å². The quantitative estimate of drug-likeness (QED) is 0.483. The first-order valence-corrected chi connectivity index (χ1v) is 10.1. The maximum Gasteiger partial charge on any atom is 0.407 e. The fraction of sp³-hybridized carbons (Fsp3) is 0.304. The van der Waals surface area contributed by atoms with Gasteiger partial charge in [-0.05, 0) is 30.0 Å². The van der Waals surface area contributed by atoms with Gasteiger partial charge in [-0.2, -0.15) is 0 Å². The summed E-state index contributed by atoms with van der Waals surface area (Å²) < 4.78 is 10.5. The van der Waals surface area contributed by atoms with Crippen LogP contribution in [0, 0.1) is 5.92 Å². The second-order valence-corrected chi connectivity index (χ2v) is 7.27. The minimum absolute atomic E-state index is 0.0206. The summed E-state index contributed by atoms with van der Waals surface area (Å²) in [5.41, 5.74) is 2.04. The number of Topliss-reactive ketones (excluding diaryl/α,β-unsaturated/α-hetero) is 1. The predicted octanol–water partition coefficient (Wildman–Crippen LogP) is 3.47. The van der Waals surface area contributed by atoms with Gasteiger partial charge in [0.15, 0.2) is 5.58 Å². The molecule has 1 unspecified atom stereocenters. The Balaban J connectivity index is 1.31. The summed E-state index contributed by atoms with van der Waals surface area (Å²) in [6.45, 7) is 2.32. The van der Waals surface area contributed by atoms with Crippen LogP contribution in [-0.4, -0.2) is 35.9 Å². The van der Waals surface area contributed by atoms with E-state index in [9.17, 15) is 14.4 Å². The number of ether oxygens (including phenoxy) is 1. The monoisotopic (exact) mass is 423 g/mol. The van der Waals surface area contributed by atoms with Crippen LogP contribution in [0.1, 0.15) is 36.0 Å². The van der Waals surface area contributed by atoms with Crippen LogP contribution in [0.2, 0.25) is 0 Å². The molecule has 162 valence electrons. The van der Waals surface area contributed by atoms with E-state index in [1.54, 1.807) is 24.3 Å². The average molecular weight is 423 g/mol. The van der Waals surface area contributed by atoms with E-state index in [2.05, 4.69) is 15.6 Å². The fourth-order valence-electron chi connectivity index (χ4n) is 2.93. The molecule has 1 atom stereocenters. The van der Waals surface area contributed by atoms with Crippen molar-refractivity contribution in [1.29, 1.82) is 0 Å². The molecule has 31 heavy (non-hydrogen) atoms. The standard InChI is InChI=1S/C23H25N3O5/c1-16(11-12-24-23(29)30-15-17-7-3-2-4-8-17)13-21(28)25-14-19(27)22-26-18-9-5-6-10-20(18)31-22/h2-10,16H,11-15H2,1H3,(H,24,29)(H,25,28). The van der Waals surface area contributed by atoms with Gasteiger partial charge in [-0.1, -0.05) is 49.4 Å². The van der Waals surface area contributed by atoms with Crippen molar-refractivity contribution in [2.75, 3.05) is 13.1 Å². The lowest BCUT2D eigenvalue weighted by Crippen LogP contribution is -2.31. The van der Waals surface area contributed by atoms with E-state index in [1.165, 1.54) is 0 Å². The van der Waals surface area contributed by atoms with Crippen LogP contribution < -0.4 is 10.6 Å². The first-order chi connectivity index (χ1) is 15.0. The summed E-state index contributed by atoms with van der Waals surface area (Å²) in [5, 5.41) is 5.27. The molecule has 0 aliphatic rings. The lowest BCUT2D eigenvalue weighted by atomic mass is 10.0. The van der Waals surface area contributed by atoms with Crippen molar-refractivity contribution in [3.05, 3.63) is 66.1 Å². The number of nitrogens with zero attached hydrogens (tertiary/aromatic N) is 1. The van der Waals surface area contributed by atoms with Gasteiger partial charge < -0.3 is 19.8 Å². The molecule has 8 heteroatoms. The first-order valence-electron chi connectivity index (χ1n) is 10.1. The summed E-state index contributed by atoms with van der Waals surface area (Å²) >= 11 is 0. The number of carbonyl (C=O) groups excluding carboxylic acids is 3. The highest BCUT2D eigenvalue weighted by Crippen LogP contribution is 2.14. The lowest BCUT2D eigenvalue weighted by molar-refractivity contribution is -0.121. The summed E-state index contributed by atoms with van der Waals surface area (Å²) in [6.07, 6.45) is 0.346. The number of rotatable bonds is 10. The van der Waals surface area contributed by atoms with Gasteiger partial charge in [0.25, 0.3) is 5.89 Å². The third-order valence-corrected chi connectivity index (χ3v) is 4.63. The van der Waals surface area contributed by atoms with Gasteiger partial charge in [0.2, 0.25) is 11.7 Å². The molecule has 8 nitrogen and oxygen atoms in total. The zero-order valence-corrected chi connectivity index (χ0v) is 17.3. The fourth-order valence-corrected chi connectivity index (χ4v) is 2.93. The molecule has 1 heterocycles. The molecular formula is C23H25N3O5. The molecule has 0 saturated carbocycles. The molecule has 3 rings (SSSR count). The molecule has 0 saturated heterocycles. The van der Waals surface area contributed by atoms with E-state index in [0.29, 0.717) is 24.1 Å². The lowest BCUT2D eigenvalue weighted by Gasteiger charge is -2.12. The molecule has 2 amide bonds. The van der Waals surface area contributed by atoms with Gasteiger partial charge in [-0.15, -0.1) is 0 Å². The average Bonchev–Trinajstić information content (AvgIpc) is 3.21. The highest BCUT2D eigenvalue weighted by molar-refractivity contribution is 5.97. The molecule has 0 bridgehead atoms. The molecule has 0 spiro atoms. The number of fused-ring (bicyclic) bond motifs is 1. The molecular weight excluding hydrogens is 398 g/mol.